The van der Waals surface area contributed by atoms with Gasteiger partial charge in [0, 0.05) is 0 Å². The largest absolute Gasteiger partial charge is 0.460 e. The first-order chi connectivity index (χ1) is 7.26. The van der Waals surface area contributed by atoms with Gasteiger partial charge >= 0.3 is 5.97 Å². The monoisotopic (exact) mass is 232 g/mol. The van der Waals surface area contributed by atoms with Crippen molar-refractivity contribution in [3.63, 3.8) is 0 Å². The average Bonchev–Trinajstić information content (AvgIpc) is 2.16. The van der Waals surface area contributed by atoms with Gasteiger partial charge in [0.05, 0.1) is 12.5 Å². The first-order valence-corrected chi connectivity index (χ1v) is 5.78. The fourth-order valence-electron chi connectivity index (χ4n) is 1.91. The summed E-state index contributed by atoms with van der Waals surface area (Å²) in [4.78, 5) is 11.7. The van der Waals surface area contributed by atoms with E-state index in [-0.39, 0.29) is 24.7 Å². The van der Waals surface area contributed by atoms with Crippen molar-refractivity contribution in [3.05, 3.63) is 0 Å². The Hall–Kier alpha value is -0.640. The quantitative estimate of drug-likeness (QED) is 0.742. The highest BCUT2D eigenvalue weighted by molar-refractivity contribution is 5.73. The number of carbonyl (C=O) groups is 1. The van der Waals surface area contributed by atoms with Gasteiger partial charge < -0.3 is 9.84 Å². The minimum atomic E-state index is -1.49. The van der Waals surface area contributed by atoms with E-state index < -0.39 is 17.9 Å². The van der Waals surface area contributed by atoms with Crippen LogP contribution < -0.4 is 0 Å². The number of halogens is 1. The van der Waals surface area contributed by atoms with Crippen LogP contribution in [0.15, 0.2) is 0 Å². The van der Waals surface area contributed by atoms with Gasteiger partial charge in [0.2, 0.25) is 0 Å². The molecule has 0 aromatic carbocycles. The van der Waals surface area contributed by atoms with Crippen LogP contribution >= 0.6 is 0 Å². The zero-order valence-corrected chi connectivity index (χ0v) is 10.3. The van der Waals surface area contributed by atoms with E-state index in [2.05, 4.69) is 0 Å². The molecule has 1 aliphatic rings. The molecule has 1 fully saturated rings. The summed E-state index contributed by atoms with van der Waals surface area (Å²) < 4.78 is 18.9. The second-order valence-electron chi connectivity index (χ2n) is 5.62. The number of rotatable bonds is 2. The highest BCUT2D eigenvalue weighted by Gasteiger charge is 2.38. The molecule has 1 rings (SSSR count). The predicted molar refractivity (Wildman–Crippen MR) is 58.7 cm³/mol. The Kier molecular flexibility index (Phi) is 3.94. The second kappa shape index (κ2) is 4.70. The van der Waals surface area contributed by atoms with Crippen molar-refractivity contribution in [3.8, 4) is 0 Å². The van der Waals surface area contributed by atoms with Crippen molar-refractivity contribution in [2.24, 2.45) is 5.92 Å². The fraction of sp³-hybridized carbons (Fsp3) is 0.917. The molecule has 4 heteroatoms. The van der Waals surface area contributed by atoms with Crippen molar-refractivity contribution in [1.29, 1.82) is 0 Å². The summed E-state index contributed by atoms with van der Waals surface area (Å²) in [6, 6.07) is 0. The maximum absolute atomic E-state index is 13.7. The van der Waals surface area contributed by atoms with Crippen LogP contribution in [0.3, 0.4) is 0 Å². The number of hydrogen-bond donors (Lipinski definition) is 1. The molecule has 0 bridgehead atoms. The Morgan fingerprint density at radius 1 is 1.44 bits per heavy atom. The smallest absolute Gasteiger partial charge is 0.309 e. The summed E-state index contributed by atoms with van der Waals surface area (Å²) >= 11 is 0. The van der Waals surface area contributed by atoms with Crippen LogP contribution in [-0.2, 0) is 9.53 Å². The minimum absolute atomic E-state index is 0.213. The maximum Gasteiger partial charge on any atom is 0.309 e. The van der Waals surface area contributed by atoms with Gasteiger partial charge in [-0.05, 0) is 46.5 Å². The Balaban J connectivity index is 2.45. The number of esters is 1. The Morgan fingerprint density at radius 2 is 1.94 bits per heavy atom. The predicted octanol–water partition coefficient (Wildman–Crippen LogP) is 2.22. The lowest BCUT2D eigenvalue weighted by Crippen LogP contribution is -2.37. The molecule has 0 saturated heterocycles. The van der Waals surface area contributed by atoms with E-state index in [1.807, 2.05) is 20.8 Å². The van der Waals surface area contributed by atoms with Crippen molar-refractivity contribution < 1.29 is 19.0 Å². The van der Waals surface area contributed by atoms with Crippen LogP contribution in [0.1, 0.15) is 46.5 Å². The Morgan fingerprint density at radius 3 is 2.31 bits per heavy atom. The van der Waals surface area contributed by atoms with E-state index in [0.29, 0.717) is 12.8 Å². The molecular formula is C12H21FO3. The number of alkyl halides is 1. The molecule has 16 heavy (non-hydrogen) atoms. The molecule has 0 unspecified atom stereocenters. The van der Waals surface area contributed by atoms with Gasteiger partial charge in [-0.15, -0.1) is 0 Å². The normalized spacial score (nSPS) is 31.2. The summed E-state index contributed by atoms with van der Waals surface area (Å²) in [5, 5.41) is 8.87. The number of carbonyl (C=O) groups excluding carboxylic acids is 1. The van der Waals surface area contributed by atoms with Gasteiger partial charge in [-0.2, -0.15) is 0 Å². The summed E-state index contributed by atoms with van der Waals surface area (Å²) in [5.41, 5.74) is -1.98. The molecule has 0 aliphatic heterocycles. The number of aliphatic hydroxyl groups is 1. The summed E-state index contributed by atoms with van der Waals surface area (Å²) in [6.07, 6.45) is 1.42. The van der Waals surface area contributed by atoms with Gasteiger partial charge in [0.15, 0.2) is 0 Å². The van der Waals surface area contributed by atoms with Gasteiger partial charge in [-0.25, -0.2) is 4.39 Å². The zero-order chi connectivity index (χ0) is 12.4. The lowest BCUT2D eigenvalue weighted by atomic mass is 9.80. The lowest BCUT2D eigenvalue weighted by molar-refractivity contribution is -0.162. The van der Waals surface area contributed by atoms with Gasteiger partial charge in [0.25, 0.3) is 0 Å². The van der Waals surface area contributed by atoms with Crippen LogP contribution in [0.25, 0.3) is 0 Å². The number of hydrogen-bond acceptors (Lipinski definition) is 3. The molecular weight excluding hydrogens is 211 g/mol. The van der Waals surface area contributed by atoms with E-state index in [0.717, 1.165) is 0 Å². The third-order valence-corrected chi connectivity index (χ3v) is 2.91. The van der Waals surface area contributed by atoms with Crippen LogP contribution in [0.2, 0.25) is 0 Å². The molecule has 0 aromatic heterocycles. The fourth-order valence-corrected chi connectivity index (χ4v) is 1.91. The third-order valence-electron chi connectivity index (χ3n) is 2.91. The second-order valence-corrected chi connectivity index (χ2v) is 5.62. The van der Waals surface area contributed by atoms with Crippen molar-refractivity contribution >= 4 is 5.97 Å². The van der Waals surface area contributed by atoms with E-state index in [4.69, 9.17) is 9.84 Å². The maximum atomic E-state index is 13.7. The van der Waals surface area contributed by atoms with Gasteiger partial charge in [0.1, 0.15) is 11.3 Å². The van der Waals surface area contributed by atoms with Crippen LogP contribution in [-0.4, -0.2) is 29.0 Å². The first kappa shape index (κ1) is 13.4. The Bertz CT molecular complexity index is 249. The zero-order valence-electron chi connectivity index (χ0n) is 10.3. The molecule has 1 N–H and O–H groups in total. The van der Waals surface area contributed by atoms with Crippen molar-refractivity contribution in [1.82, 2.24) is 0 Å². The molecule has 0 spiro atoms. The highest BCUT2D eigenvalue weighted by Crippen LogP contribution is 2.35. The van der Waals surface area contributed by atoms with Crippen LogP contribution in [0.5, 0.6) is 0 Å². The molecule has 0 radical (unpaired) electrons. The summed E-state index contributed by atoms with van der Waals surface area (Å²) in [5.74, 6) is -0.456. The van der Waals surface area contributed by atoms with Crippen molar-refractivity contribution in [2.45, 2.75) is 57.7 Å². The summed E-state index contributed by atoms with van der Waals surface area (Å²) in [7, 11) is 0. The van der Waals surface area contributed by atoms with E-state index in [1.54, 1.807) is 0 Å². The molecule has 94 valence electrons. The molecule has 1 saturated carbocycles. The average molecular weight is 232 g/mol. The number of aliphatic hydroxyl groups excluding tert-OH is 1. The van der Waals surface area contributed by atoms with Crippen LogP contribution in [0.4, 0.5) is 4.39 Å². The van der Waals surface area contributed by atoms with E-state index in [1.165, 1.54) is 0 Å². The van der Waals surface area contributed by atoms with E-state index >= 15 is 0 Å². The molecule has 0 heterocycles. The summed E-state index contributed by atoms with van der Waals surface area (Å²) in [6.45, 7) is 5.01. The molecule has 1 aliphatic carbocycles. The first-order valence-electron chi connectivity index (χ1n) is 5.78. The SMILES string of the molecule is CC(C)(C)OC(=O)C1CCC(F)(CO)CC1. The minimum Gasteiger partial charge on any atom is -0.460 e. The molecule has 0 aromatic rings. The van der Waals surface area contributed by atoms with E-state index in [9.17, 15) is 9.18 Å². The van der Waals surface area contributed by atoms with Gasteiger partial charge in [-0.3, -0.25) is 4.79 Å². The molecule has 0 amide bonds. The molecule has 0 atom stereocenters. The topological polar surface area (TPSA) is 46.5 Å². The van der Waals surface area contributed by atoms with Crippen molar-refractivity contribution in [2.75, 3.05) is 6.61 Å². The standard InChI is InChI=1S/C12H21FO3/c1-11(2,3)16-10(15)9-4-6-12(13,8-14)7-5-9/h9,14H,4-8H2,1-3H3. The van der Waals surface area contributed by atoms with Gasteiger partial charge in [-0.1, -0.05) is 0 Å². The third kappa shape index (κ3) is 3.74. The number of ether oxygens (including phenoxy) is 1. The molecule has 3 nitrogen and oxygen atoms in total. The highest BCUT2D eigenvalue weighted by atomic mass is 19.1. The van der Waals surface area contributed by atoms with Crippen LogP contribution in [0, 0.1) is 5.92 Å². The Labute approximate surface area is 96.0 Å². The lowest BCUT2D eigenvalue weighted by Gasteiger charge is -2.32.